The number of nitrogens with two attached hydrogens (primary N) is 1. The molecule has 0 aliphatic rings. The number of ether oxygens (including phenoxy) is 1. The molecule has 19 heavy (non-hydrogen) atoms. The maximum absolute atomic E-state index is 11.8. The van der Waals surface area contributed by atoms with Crippen molar-refractivity contribution in [1.29, 1.82) is 0 Å². The molecular formula is C15H24N2O2. The average molecular weight is 264 g/mol. The van der Waals surface area contributed by atoms with Gasteiger partial charge in [-0.05, 0) is 51.3 Å². The van der Waals surface area contributed by atoms with Gasteiger partial charge in [0.05, 0.1) is 0 Å². The minimum atomic E-state index is -0.511. The number of aryl methyl sites for hydroxylation is 2. The zero-order valence-electron chi connectivity index (χ0n) is 12.4. The molecule has 0 aliphatic carbocycles. The summed E-state index contributed by atoms with van der Waals surface area (Å²) < 4.78 is 5.79. The lowest BCUT2D eigenvalue weighted by molar-refractivity contribution is -0.127. The highest BCUT2D eigenvalue weighted by Crippen LogP contribution is 2.25. The van der Waals surface area contributed by atoms with Crippen molar-refractivity contribution >= 4 is 5.91 Å². The second-order valence-electron chi connectivity index (χ2n) is 5.19. The van der Waals surface area contributed by atoms with Crippen LogP contribution in [-0.2, 0) is 11.3 Å². The third-order valence-electron chi connectivity index (χ3n) is 2.85. The van der Waals surface area contributed by atoms with Crippen molar-refractivity contribution < 1.29 is 9.53 Å². The normalized spacial score (nSPS) is 12.4. The van der Waals surface area contributed by atoms with Crippen LogP contribution in [0.2, 0.25) is 0 Å². The number of benzene rings is 1. The summed E-state index contributed by atoms with van der Waals surface area (Å²) in [4.78, 5) is 11.8. The van der Waals surface area contributed by atoms with Gasteiger partial charge >= 0.3 is 0 Å². The molecular weight excluding hydrogens is 240 g/mol. The molecule has 0 aliphatic heterocycles. The molecule has 0 saturated heterocycles. The van der Waals surface area contributed by atoms with Gasteiger partial charge in [0, 0.05) is 12.6 Å². The maximum atomic E-state index is 11.8. The molecule has 1 amide bonds. The topological polar surface area (TPSA) is 64.3 Å². The first-order valence-corrected chi connectivity index (χ1v) is 6.62. The van der Waals surface area contributed by atoms with Crippen LogP contribution in [0.5, 0.6) is 5.75 Å². The molecule has 0 saturated carbocycles. The molecule has 1 unspecified atom stereocenters. The number of hydrogen-bond acceptors (Lipinski definition) is 3. The molecule has 1 rings (SSSR count). The highest BCUT2D eigenvalue weighted by molar-refractivity contribution is 5.81. The number of carbonyl (C=O) groups excluding carboxylic acids is 1. The molecule has 0 radical (unpaired) electrons. The van der Waals surface area contributed by atoms with Crippen LogP contribution < -0.4 is 15.8 Å². The monoisotopic (exact) mass is 264 g/mol. The Labute approximate surface area is 115 Å². The van der Waals surface area contributed by atoms with Crippen molar-refractivity contribution in [2.75, 3.05) is 0 Å². The fraction of sp³-hybridized carbons (Fsp3) is 0.533. The van der Waals surface area contributed by atoms with E-state index in [0.29, 0.717) is 6.54 Å². The first kappa shape index (κ1) is 15.5. The molecule has 1 atom stereocenters. The van der Waals surface area contributed by atoms with Crippen LogP contribution >= 0.6 is 0 Å². The summed E-state index contributed by atoms with van der Waals surface area (Å²) in [6, 6.07) is 4.10. The Hall–Kier alpha value is -1.55. The molecule has 106 valence electrons. The summed E-state index contributed by atoms with van der Waals surface area (Å²) in [6.07, 6.45) is -0.511. The van der Waals surface area contributed by atoms with Crippen LogP contribution in [0.15, 0.2) is 12.1 Å². The van der Waals surface area contributed by atoms with E-state index >= 15 is 0 Å². The van der Waals surface area contributed by atoms with Crippen molar-refractivity contribution in [3.05, 3.63) is 28.8 Å². The Balaban J connectivity index is 2.85. The predicted octanol–water partition coefficient (Wildman–Crippen LogP) is 2.05. The van der Waals surface area contributed by atoms with Crippen molar-refractivity contribution in [1.82, 2.24) is 5.32 Å². The zero-order valence-corrected chi connectivity index (χ0v) is 12.4. The highest BCUT2D eigenvalue weighted by Gasteiger charge is 2.17. The van der Waals surface area contributed by atoms with E-state index in [9.17, 15) is 4.79 Å². The first-order chi connectivity index (χ1) is 8.85. The molecule has 0 spiro atoms. The molecule has 0 fully saturated rings. The van der Waals surface area contributed by atoms with Gasteiger partial charge in [-0.1, -0.05) is 12.1 Å². The summed E-state index contributed by atoms with van der Waals surface area (Å²) in [5, 5.41) is 2.84. The lowest BCUT2D eigenvalue weighted by atomic mass is 10.1. The van der Waals surface area contributed by atoms with Crippen LogP contribution in [0.25, 0.3) is 0 Å². The van der Waals surface area contributed by atoms with Crippen molar-refractivity contribution in [2.24, 2.45) is 5.73 Å². The minimum absolute atomic E-state index is 0.100. The fourth-order valence-corrected chi connectivity index (χ4v) is 1.98. The minimum Gasteiger partial charge on any atom is -0.480 e. The SMILES string of the molecule is Cc1cc(CN)cc(C)c1OC(C)C(=O)NC(C)C. The lowest BCUT2D eigenvalue weighted by Gasteiger charge is -2.19. The van der Waals surface area contributed by atoms with E-state index in [2.05, 4.69) is 5.32 Å². The molecule has 3 N–H and O–H groups in total. The predicted molar refractivity (Wildman–Crippen MR) is 77.2 cm³/mol. The van der Waals surface area contributed by atoms with Gasteiger partial charge in [0.1, 0.15) is 5.75 Å². The Morgan fingerprint density at radius 3 is 2.21 bits per heavy atom. The summed E-state index contributed by atoms with van der Waals surface area (Å²) in [6.45, 7) is 10.1. The molecule has 0 heterocycles. The van der Waals surface area contributed by atoms with E-state index in [1.54, 1.807) is 6.92 Å². The number of hydrogen-bond donors (Lipinski definition) is 2. The van der Waals surface area contributed by atoms with Gasteiger partial charge in [-0.25, -0.2) is 0 Å². The Bertz CT molecular complexity index is 432. The van der Waals surface area contributed by atoms with E-state index in [1.165, 1.54) is 0 Å². The molecule has 4 nitrogen and oxygen atoms in total. The summed E-state index contributed by atoms with van der Waals surface area (Å²) >= 11 is 0. The first-order valence-electron chi connectivity index (χ1n) is 6.62. The number of nitrogens with one attached hydrogen (secondary N) is 1. The van der Waals surface area contributed by atoms with Gasteiger partial charge in [-0.2, -0.15) is 0 Å². The maximum Gasteiger partial charge on any atom is 0.260 e. The van der Waals surface area contributed by atoms with Gasteiger partial charge in [0.15, 0.2) is 6.10 Å². The quantitative estimate of drug-likeness (QED) is 0.855. The van der Waals surface area contributed by atoms with Crippen LogP contribution in [0.4, 0.5) is 0 Å². The summed E-state index contributed by atoms with van der Waals surface area (Å²) in [5.74, 6) is 0.667. The molecule has 4 heteroatoms. The van der Waals surface area contributed by atoms with Gasteiger partial charge in [-0.3, -0.25) is 4.79 Å². The summed E-state index contributed by atoms with van der Waals surface area (Å²) in [7, 11) is 0. The number of amides is 1. The van der Waals surface area contributed by atoms with E-state index < -0.39 is 6.10 Å². The third kappa shape index (κ3) is 4.24. The fourth-order valence-electron chi connectivity index (χ4n) is 1.98. The molecule has 0 aromatic heterocycles. The molecule has 0 bridgehead atoms. The van der Waals surface area contributed by atoms with Gasteiger partial charge in [0.2, 0.25) is 0 Å². The third-order valence-corrected chi connectivity index (χ3v) is 2.85. The van der Waals surface area contributed by atoms with Crippen LogP contribution in [0.1, 0.15) is 37.5 Å². The van der Waals surface area contributed by atoms with Crippen molar-refractivity contribution in [2.45, 2.75) is 53.3 Å². The van der Waals surface area contributed by atoms with Crippen LogP contribution in [0.3, 0.4) is 0 Å². The number of rotatable bonds is 5. The summed E-state index contributed by atoms with van der Waals surface area (Å²) in [5.41, 5.74) is 8.72. The Kier molecular flexibility index (Phi) is 5.36. The van der Waals surface area contributed by atoms with E-state index in [0.717, 1.165) is 22.4 Å². The highest BCUT2D eigenvalue weighted by atomic mass is 16.5. The Morgan fingerprint density at radius 1 is 1.26 bits per heavy atom. The Morgan fingerprint density at radius 2 is 1.79 bits per heavy atom. The van der Waals surface area contributed by atoms with E-state index in [-0.39, 0.29) is 11.9 Å². The van der Waals surface area contributed by atoms with E-state index in [1.807, 2.05) is 39.8 Å². The van der Waals surface area contributed by atoms with E-state index in [4.69, 9.17) is 10.5 Å². The number of carbonyl (C=O) groups is 1. The van der Waals surface area contributed by atoms with Crippen molar-refractivity contribution in [3.8, 4) is 5.75 Å². The van der Waals surface area contributed by atoms with Crippen molar-refractivity contribution in [3.63, 3.8) is 0 Å². The lowest BCUT2D eigenvalue weighted by Crippen LogP contribution is -2.40. The smallest absolute Gasteiger partial charge is 0.260 e. The average Bonchev–Trinajstić information content (AvgIpc) is 2.32. The van der Waals surface area contributed by atoms with Gasteiger partial charge in [0.25, 0.3) is 5.91 Å². The van der Waals surface area contributed by atoms with Crippen LogP contribution in [-0.4, -0.2) is 18.1 Å². The molecule has 1 aromatic carbocycles. The van der Waals surface area contributed by atoms with Gasteiger partial charge < -0.3 is 15.8 Å². The van der Waals surface area contributed by atoms with Crippen LogP contribution in [0, 0.1) is 13.8 Å². The largest absolute Gasteiger partial charge is 0.480 e. The van der Waals surface area contributed by atoms with Gasteiger partial charge in [-0.15, -0.1) is 0 Å². The second kappa shape index (κ2) is 6.57. The zero-order chi connectivity index (χ0) is 14.6. The second-order valence-corrected chi connectivity index (χ2v) is 5.19. The molecule has 1 aromatic rings. The standard InChI is InChI=1S/C15H24N2O2/c1-9(2)17-15(18)12(5)19-14-10(3)6-13(8-16)7-11(14)4/h6-7,9,12H,8,16H2,1-5H3,(H,17,18).